The number of benzene rings is 1. The number of carbonyl (C=O) groups is 1. The lowest BCUT2D eigenvalue weighted by Gasteiger charge is -2.29. The van der Waals surface area contributed by atoms with Crippen LogP contribution in [-0.4, -0.2) is 24.0 Å². The monoisotopic (exact) mass is 307 g/mol. The van der Waals surface area contributed by atoms with Crippen molar-refractivity contribution >= 4 is 28.9 Å². The highest BCUT2D eigenvalue weighted by Gasteiger charge is 2.27. The summed E-state index contributed by atoms with van der Waals surface area (Å²) in [4.78, 5) is 17.9. The first-order valence-corrected chi connectivity index (χ1v) is 6.59. The van der Waals surface area contributed by atoms with E-state index in [4.69, 9.17) is 22.1 Å². The van der Waals surface area contributed by atoms with Crippen molar-refractivity contribution in [3.05, 3.63) is 47.0 Å². The summed E-state index contributed by atoms with van der Waals surface area (Å²) in [6, 6.07) is 5.47. The number of nitrogens with two attached hydrogens (primary N) is 1. The van der Waals surface area contributed by atoms with Crippen molar-refractivity contribution in [1.29, 1.82) is 0 Å². The smallest absolute Gasteiger partial charge is 0.279 e. The van der Waals surface area contributed by atoms with Crippen LogP contribution in [0.15, 0.2) is 30.5 Å². The maximum atomic E-state index is 13.4. The number of nitrogens with zero attached hydrogens (tertiary/aromatic N) is 2. The van der Waals surface area contributed by atoms with Crippen LogP contribution in [0, 0.1) is 5.82 Å². The second-order valence-corrected chi connectivity index (χ2v) is 4.95. The van der Waals surface area contributed by atoms with Gasteiger partial charge in [-0.15, -0.1) is 0 Å². The van der Waals surface area contributed by atoms with Crippen molar-refractivity contribution in [3.63, 3.8) is 0 Å². The molecule has 0 fully saturated rings. The fourth-order valence-corrected chi connectivity index (χ4v) is 2.33. The van der Waals surface area contributed by atoms with E-state index < -0.39 is 11.7 Å². The molecular formula is C14H11ClFN3O2. The van der Waals surface area contributed by atoms with Crippen LogP contribution in [0.3, 0.4) is 0 Å². The van der Waals surface area contributed by atoms with Gasteiger partial charge >= 0.3 is 0 Å². The van der Waals surface area contributed by atoms with E-state index >= 15 is 0 Å². The van der Waals surface area contributed by atoms with E-state index in [0.717, 1.165) is 0 Å². The summed E-state index contributed by atoms with van der Waals surface area (Å²) in [6.45, 7) is 0.608. The highest BCUT2D eigenvalue weighted by Crippen LogP contribution is 2.33. The molecule has 21 heavy (non-hydrogen) atoms. The van der Waals surface area contributed by atoms with E-state index in [1.807, 2.05) is 0 Å². The molecule has 1 aromatic heterocycles. The Labute approximate surface area is 125 Å². The molecule has 0 saturated carbocycles. The highest BCUT2D eigenvalue weighted by atomic mass is 35.5. The number of anilines is 2. The molecule has 0 atom stereocenters. The predicted octanol–water partition coefficient (Wildman–Crippen LogP) is 2.50. The van der Waals surface area contributed by atoms with Crippen LogP contribution in [0.1, 0.15) is 10.5 Å². The summed E-state index contributed by atoms with van der Waals surface area (Å²) in [5.41, 5.74) is 6.40. The number of nitrogen functional groups attached to an aromatic ring is 1. The molecule has 0 radical (unpaired) electrons. The van der Waals surface area contributed by atoms with Gasteiger partial charge in [0.1, 0.15) is 18.2 Å². The van der Waals surface area contributed by atoms with E-state index in [-0.39, 0.29) is 11.4 Å². The van der Waals surface area contributed by atoms with Crippen LogP contribution in [0.2, 0.25) is 5.02 Å². The predicted molar refractivity (Wildman–Crippen MR) is 77.2 cm³/mol. The average Bonchev–Trinajstić information content (AvgIpc) is 2.46. The molecule has 0 saturated heterocycles. The lowest BCUT2D eigenvalue weighted by atomic mass is 10.2. The van der Waals surface area contributed by atoms with Gasteiger partial charge in [-0.2, -0.15) is 0 Å². The lowest BCUT2D eigenvalue weighted by Crippen LogP contribution is -2.38. The Hall–Kier alpha value is -2.34. The molecule has 0 spiro atoms. The first-order chi connectivity index (χ1) is 10.1. The van der Waals surface area contributed by atoms with E-state index in [2.05, 4.69) is 4.98 Å². The van der Waals surface area contributed by atoms with Crippen molar-refractivity contribution in [1.82, 2.24) is 4.98 Å². The van der Waals surface area contributed by atoms with E-state index in [0.29, 0.717) is 29.6 Å². The maximum absolute atomic E-state index is 13.4. The largest absolute Gasteiger partial charge is 0.490 e. The Morgan fingerprint density at radius 1 is 1.43 bits per heavy atom. The molecule has 1 aliphatic heterocycles. The normalized spacial score (nSPS) is 13.5. The van der Waals surface area contributed by atoms with Gasteiger partial charge in [0.25, 0.3) is 5.91 Å². The Bertz CT molecular complexity index is 723. The van der Waals surface area contributed by atoms with Crippen LogP contribution in [0.4, 0.5) is 15.8 Å². The topological polar surface area (TPSA) is 68.5 Å². The maximum Gasteiger partial charge on any atom is 0.279 e. The van der Waals surface area contributed by atoms with Crippen LogP contribution in [0.25, 0.3) is 0 Å². The third-order valence-corrected chi connectivity index (χ3v) is 3.32. The number of aromatic nitrogens is 1. The summed E-state index contributed by atoms with van der Waals surface area (Å²) in [5, 5.41) is 0.345. The van der Waals surface area contributed by atoms with E-state index in [9.17, 15) is 9.18 Å². The number of halogens is 2. The number of hydrogen-bond donors (Lipinski definition) is 1. The molecule has 2 heterocycles. The lowest BCUT2D eigenvalue weighted by molar-refractivity contribution is 0.0972. The van der Waals surface area contributed by atoms with Crippen molar-refractivity contribution in [2.45, 2.75) is 0 Å². The van der Waals surface area contributed by atoms with Gasteiger partial charge in [0.05, 0.1) is 22.9 Å². The van der Waals surface area contributed by atoms with Crippen LogP contribution >= 0.6 is 11.6 Å². The Morgan fingerprint density at radius 3 is 3.00 bits per heavy atom. The average molecular weight is 308 g/mol. The van der Waals surface area contributed by atoms with Gasteiger partial charge in [-0.05, 0) is 18.2 Å². The van der Waals surface area contributed by atoms with Crippen LogP contribution in [-0.2, 0) is 0 Å². The van der Waals surface area contributed by atoms with Crippen molar-refractivity contribution < 1.29 is 13.9 Å². The van der Waals surface area contributed by atoms with Gasteiger partial charge in [0.2, 0.25) is 0 Å². The summed E-state index contributed by atoms with van der Waals surface area (Å²) in [7, 11) is 0. The number of rotatable bonds is 1. The number of amides is 1. The Balaban J connectivity index is 2.02. The zero-order valence-electron chi connectivity index (χ0n) is 10.8. The number of pyridine rings is 1. The molecule has 2 aromatic rings. The number of ether oxygens (including phenoxy) is 1. The fraction of sp³-hybridized carbons (Fsp3) is 0.143. The minimum absolute atomic E-state index is 0.0801. The summed E-state index contributed by atoms with van der Waals surface area (Å²) >= 11 is 5.77. The standard InChI is InChI=1S/C14H11ClFN3O2/c15-8-5-10(17)13(18-7-8)14(20)19-3-4-21-12-2-1-9(16)6-11(12)19/h1-2,5-7H,3-4,17H2. The van der Waals surface area contributed by atoms with Gasteiger partial charge in [0.15, 0.2) is 5.69 Å². The van der Waals surface area contributed by atoms with Crippen molar-refractivity contribution in [3.8, 4) is 5.75 Å². The van der Waals surface area contributed by atoms with Crippen LogP contribution < -0.4 is 15.4 Å². The van der Waals surface area contributed by atoms with Gasteiger partial charge < -0.3 is 10.5 Å². The summed E-state index contributed by atoms with van der Waals surface area (Å²) < 4.78 is 18.8. The van der Waals surface area contributed by atoms with Gasteiger partial charge in [-0.3, -0.25) is 9.69 Å². The van der Waals surface area contributed by atoms with Crippen molar-refractivity contribution in [2.75, 3.05) is 23.8 Å². The quantitative estimate of drug-likeness (QED) is 0.879. The molecule has 7 heteroatoms. The first-order valence-electron chi connectivity index (χ1n) is 6.21. The molecule has 5 nitrogen and oxygen atoms in total. The molecule has 0 aliphatic carbocycles. The molecule has 1 aliphatic rings. The van der Waals surface area contributed by atoms with Gasteiger partial charge in [-0.1, -0.05) is 11.6 Å². The summed E-state index contributed by atoms with van der Waals surface area (Å²) in [5.74, 6) is -0.420. The molecule has 1 amide bonds. The molecule has 1 aromatic carbocycles. The fourth-order valence-electron chi connectivity index (χ4n) is 2.16. The van der Waals surface area contributed by atoms with Crippen LogP contribution in [0.5, 0.6) is 5.75 Å². The summed E-state index contributed by atoms with van der Waals surface area (Å²) in [6.07, 6.45) is 1.35. The van der Waals surface area contributed by atoms with Crippen molar-refractivity contribution in [2.24, 2.45) is 0 Å². The minimum Gasteiger partial charge on any atom is -0.490 e. The molecule has 108 valence electrons. The third-order valence-electron chi connectivity index (χ3n) is 3.12. The highest BCUT2D eigenvalue weighted by molar-refractivity contribution is 6.30. The second-order valence-electron chi connectivity index (χ2n) is 4.51. The van der Waals surface area contributed by atoms with Gasteiger partial charge in [-0.25, -0.2) is 9.37 Å². The second kappa shape index (κ2) is 5.21. The first kappa shape index (κ1) is 13.6. The molecule has 3 rings (SSSR count). The molecular weight excluding hydrogens is 297 g/mol. The minimum atomic E-state index is -0.450. The van der Waals surface area contributed by atoms with E-state index in [1.165, 1.54) is 35.4 Å². The zero-order valence-corrected chi connectivity index (χ0v) is 11.6. The SMILES string of the molecule is Nc1cc(Cl)cnc1C(=O)N1CCOc2ccc(F)cc21. The molecule has 0 unspecified atom stereocenters. The molecule has 0 bridgehead atoms. The molecule has 2 N–H and O–H groups in total. The number of fused-ring (bicyclic) bond motifs is 1. The number of carbonyl (C=O) groups excluding carboxylic acids is 1. The Morgan fingerprint density at radius 2 is 2.24 bits per heavy atom. The number of hydrogen-bond acceptors (Lipinski definition) is 4. The zero-order chi connectivity index (χ0) is 15.0. The third kappa shape index (κ3) is 2.50. The van der Waals surface area contributed by atoms with E-state index in [1.54, 1.807) is 0 Å². The Kier molecular flexibility index (Phi) is 3.39. The van der Waals surface area contributed by atoms with Gasteiger partial charge in [0, 0.05) is 12.3 Å².